The molecule has 17 heavy (non-hydrogen) atoms. The third kappa shape index (κ3) is 3.70. The average molecular weight is 253 g/mol. The van der Waals surface area contributed by atoms with E-state index < -0.39 is 0 Å². The Morgan fingerprint density at radius 3 is 2.76 bits per heavy atom. The van der Waals surface area contributed by atoms with Gasteiger partial charge in [-0.05, 0) is 43.5 Å². The van der Waals surface area contributed by atoms with Gasteiger partial charge in [-0.2, -0.15) is 0 Å². The Labute approximate surface area is 109 Å². The highest BCUT2D eigenvalue weighted by molar-refractivity contribution is 6.30. The maximum Gasteiger partial charge on any atom is 0.0406 e. The number of piperidine rings is 1. The molecule has 1 aliphatic rings. The van der Waals surface area contributed by atoms with Gasteiger partial charge in [0.1, 0.15) is 0 Å². The van der Waals surface area contributed by atoms with E-state index in [1.165, 1.54) is 18.4 Å². The Morgan fingerprint density at radius 2 is 2.18 bits per heavy atom. The monoisotopic (exact) mass is 252 g/mol. The molecule has 2 atom stereocenters. The predicted octanol–water partition coefficient (Wildman–Crippen LogP) is 3.13. The lowest BCUT2D eigenvalue weighted by molar-refractivity contribution is 0.348. The minimum Gasteiger partial charge on any atom is -0.315 e. The van der Waals surface area contributed by atoms with Crippen molar-refractivity contribution in [2.45, 2.75) is 38.3 Å². The van der Waals surface area contributed by atoms with E-state index in [-0.39, 0.29) is 0 Å². The second kappa shape index (κ2) is 6.39. The van der Waals surface area contributed by atoms with Crippen LogP contribution in [0.4, 0.5) is 0 Å². The number of nitrogens with one attached hydrogen (secondary N) is 2. The zero-order chi connectivity index (χ0) is 12.1. The molecule has 0 saturated carbocycles. The summed E-state index contributed by atoms with van der Waals surface area (Å²) in [5.74, 6) is 0. The summed E-state index contributed by atoms with van der Waals surface area (Å²) in [7, 11) is 0. The van der Waals surface area contributed by atoms with Crippen LogP contribution in [0.3, 0.4) is 0 Å². The van der Waals surface area contributed by atoms with Crippen molar-refractivity contribution in [3.8, 4) is 0 Å². The van der Waals surface area contributed by atoms with Gasteiger partial charge in [0.05, 0.1) is 0 Å². The van der Waals surface area contributed by atoms with Crippen molar-refractivity contribution in [3.63, 3.8) is 0 Å². The third-order valence-corrected chi connectivity index (χ3v) is 3.67. The Morgan fingerprint density at radius 1 is 1.41 bits per heavy atom. The van der Waals surface area contributed by atoms with E-state index >= 15 is 0 Å². The lowest BCUT2D eigenvalue weighted by Crippen LogP contribution is -2.44. The van der Waals surface area contributed by atoms with Gasteiger partial charge in [-0.3, -0.25) is 0 Å². The molecule has 0 aromatic heterocycles. The average Bonchev–Trinajstić information content (AvgIpc) is 2.38. The van der Waals surface area contributed by atoms with Crippen molar-refractivity contribution >= 4 is 11.6 Å². The molecule has 2 rings (SSSR count). The van der Waals surface area contributed by atoms with Crippen LogP contribution in [0, 0.1) is 0 Å². The number of hydrogen-bond donors (Lipinski definition) is 2. The molecule has 1 heterocycles. The van der Waals surface area contributed by atoms with Crippen LogP contribution in [0.2, 0.25) is 5.02 Å². The van der Waals surface area contributed by atoms with Crippen molar-refractivity contribution < 1.29 is 0 Å². The van der Waals surface area contributed by atoms with E-state index in [0.717, 1.165) is 24.5 Å². The normalized spacial score (nSPS) is 22.4. The summed E-state index contributed by atoms with van der Waals surface area (Å²) in [6, 6.07) is 9.24. The fourth-order valence-corrected chi connectivity index (χ4v) is 2.55. The van der Waals surface area contributed by atoms with Crippen LogP contribution in [0.5, 0.6) is 0 Å². The molecule has 0 spiro atoms. The smallest absolute Gasteiger partial charge is 0.0406 e. The van der Waals surface area contributed by atoms with Crippen molar-refractivity contribution in [1.29, 1.82) is 0 Å². The van der Waals surface area contributed by atoms with Gasteiger partial charge in [-0.15, -0.1) is 0 Å². The highest BCUT2D eigenvalue weighted by Crippen LogP contribution is 2.20. The SMILES string of the molecule is CCC(NC1CCCNC1)c1ccc(Cl)cc1. The maximum absolute atomic E-state index is 5.92. The van der Waals surface area contributed by atoms with Crippen molar-refractivity contribution in [2.75, 3.05) is 13.1 Å². The van der Waals surface area contributed by atoms with Gasteiger partial charge in [-0.1, -0.05) is 30.7 Å². The van der Waals surface area contributed by atoms with Crippen LogP contribution in [-0.4, -0.2) is 19.1 Å². The van der Waals surface area contributed by atoms with Crippen LogP contribution in [0.25, 0.3) is 0 Å². The van der Waals surface area contributed by atoms with Crippen molar-refractivity contribution in [3.05, 3.63) is 34.9 Å². The first-order valence-electron chi connectivity index (χ1n) is 6.52. The van der Waals surface area contributed by atoms with Crippen LogP contribution in [0.15, 0.2) is 24.3 Å². The van der Waals surface area contributed by atoms with E-state index in [0.29, 0.717) is 12.1 Å². The minimum absolute atomic E-state index is 0.442. The molecule has 0 bridgehead atoms. The molecule has 0 radical (unpaired) electrons. The first-order valence-corrected chi connectivity index (χ1v) is 6.89. The quantitative estimate of drug-likeness (QED) is 0.860. The van der Waals surface area contributed by atoms with Crippen LogP contribution in [-0.2, 0) is 0 Å². The van der Waals surface area contributed by atoms with Crippen molar-refractivity contribution in [2.24, 2.45) is 0 Å². The molecule has 1 fully saturated rings. The molecular formula is C14H21ClN2. The molecule has 2 N–H and O–H groups in total. The minimum atomic E-state index is 0.442. The Bertz CT molecular complexity index is 331. The van der Waals surface area contributed by atoms with Crippen LogP contribution < -0.4 is 10.6 Å². The summed E-state index contributed by atoms with van der Waals surface area (Å²) >= 11 is 5.92. The fraction of sp³-hybridized carbons (Fsp3) is 0.571. The van der Waals surface area contributed by atoms with Gasteiger partial charge in [0.2, 0.25) is 0 Å². The number of rotatable bonds is 4. The molecule has 1 aromatic carbocycles. The number of hydrogen-bond acceptors (Lipinski definition) is 2. The lowest BCUT2D eigenvalue weighted by Gasteiger charge is -2.28. The van der Waals surface area contributed by atoms with E-state index in [9.17, 15) is 0 Å². The Balaban J connectivity index is 1.97. The van der Waals surface area contributed by atoms with Gasteiger partial charge in [-0.25, -0.2) is 0 Å². The molecule has 2 unspecified atom stereocenters. The first kappa shape index (κ1) is 12.9. The lowest BCUT2D eigenvalue weighted by atomic mass is 10.0. The van der Waals surface area contributed by atoms with Crippen molar-refractivity contribution in [1.82, 2.24) is 10.6 Å². The summed E-state index contributed by atoms with van der Waals surface area (Å²) < 4.78 is 0. The molecule has 1 saturated heterocycles. The standard InChI is InChI=1S/C14H21ClN2/c1-2-14(11-5-7-12(15)8-6-11)17-13-4-3-9-16-10-13/h5-8,13-14,16-17H,2-4,9-10H2,1H3. The summed E-state index contributed by atoms with van der Waals surface area (Å²) in [6.07, 6.45) is 3.66. The number of halogens is 1. The zero-order valence-electron chi connectivity index (χ0n) is 10.4. The highest BCUT2D eigenvalue weighted by atomic mass is 35.5. The molecule has 0 amide bonds. The summed E-state index contributed by atoms with van der Waals surface area (Å²) in [6.45, 7) is 4.47. The summed E-state index contributed by atoms with van der Waals surface area (Å²) in [4.78, 5) is 0. The van der Waals surface area contributed by atoms with Gasteiger partial charge < -0.3 is 10.6 Å². The highest BCUT2D eigenvalue weighted by Gasteiger charge is 2.17. The Hall–Kier alpha value is -0.570. The van der Waals surface area contributed by atoms with Gasteiger partial charge >= 0.3 is 0 Å². The summed E-state index contributed by atoms with van der Waals surface area (Å²) in [5, 5.41) is 7.99. The first-order chi connectivity index (χ1) is 8.29. The maximum atomic E-state index is 5.92. The third-order valence-electron chi connectivity index (χ3n) is 3.41. The number of benzene rings is 1. The molecule has 2 nitrogen and oxygen atoms in total. The zero-order valence-corrected chi connectivity index (χ0v) is 11.1. The molecular weight excluding hydrogens is 232 g/mol. The molecule has 0 aliphatic carbocycles. The van der Waals surface area contributed by atoms with E-state index in [1.54, 1.807) is 0 Å². The summed E-state index contributed by atoms with van der Waals surface area (Å²) in [5.41, 5.74) is 1.34. The fourth-order valence-electron chi connectivity index (χ4n) is 2.42. The molecule has 1 aromatic rings. The Kier molecular flexibility index (Phi) is 4.84. The van der Waals surface area contributed by atoms with E-state index in [4.69, 9.17) is 11.6 Å². The molecule has 1 aliphatic heterocycles. The van der Waals surface area contributed by atoms with Crippen LogP contribution >= 0.6 is 11.6 Å². The van der Waals surface area contributed by atoms with E-state index in [2.05, 4.69) is 29.7 Å². The molecule has 94 valence electrons. The topological polar surface area (TPSA) is 24.1 Å². The van der Waals surface area contributed by atoms with Crippen LogP contribution in [0.1, 0.15) is 37.8 Å². The van der Waals surface area contributed by atoms with Gasteiger partial charge in [0, 0.05) is 23.7 Å². The molecule has 3 heteroatoms. The predicted molar refractivity (Wildman–Crippen MR) is 73.5 cm³/mol. The van der Waals surface area contributed by atoms with Gasteiger partial charge in [0.15, 0.2) is 0 Å². The second-order valence-electron chi connectivity index (χ2n) is 4.72. The van der Waals surface area contributed by atoms with Gasteiger partial charge in [0.25, 0.3) is 0 Å². The van der Waals surface area contributed by atoms with E-state index in [1.807, 2.05) is 12.1 Å². The second-order valence-corrected chi connectivity index (χ2v) is 5.16. The largest absolute Gasteiger partial charge is 0.315 e.